The zero-order valence-electron chi connectivity index (χ0n) is 12.6. The van der Waals surface area contributed by atoms with Crippen LogP contribution in [0.4, 0.5) is 0 Å². The van der Waals surface area contributed by atoms with Crippen LogP contribution in [0.5, 0.6) is 0 Å². The van der Waals surface area contributed by atoms with Crippen LogP contribution in [0, 0.1) is 0 Å². The van der Waals surface area contributed by atoms with Gasteiger partial charge in [0.2, 0.25) is 0 Å². The Morgan fingerprint density at radius 1 is 0.438 bits per heavy atom. The van der Waals surface area contributed by atoms with Crippen molar-refractivity contribution in [3.63, 3.8) is 0 Å². The smallest absolute Gasteiger partial charge is 0.0311 e. The molecule has 0 aliphatic rings. The lowest BCUT2D eigenvalue weighted by Gasteiger charge is -2.29. The zero-order chi connectivity index (χ0) is 12.7. The molecule has 0 atom stereocenters. The summed E-state index contributed by atoms with van der Waals surface area (Å²) in [5, 5.41) is 0. The van der Waals surface area contributed by atoms with E-state index < -0.39 is 14.5 Å². The fourth-order valence-corrected chi connectivity index (χ4v) is 10.7. The lowest BCUT2D eigenvalue weighted by atomic mass is 10.9. The molecule has 0 bridgehead atoms. The minimum absolute atomic E-state index is 0.547. The first kappa shape index (κ1) is 16.9. The molecule has 0 radical (unpaired) electrons. The monoisotopic (exact) mass is 264 g/mol. The molecule has 0 unspecified atom stereocenters. The Morgan fingerprint density at radius 3 is 0.750 bits per heavy atom. The van der Waals surface area contributed by atoms with E-state index >= 15 is 0 Å². The molecular formula is C14H34P2+2. The van der Waals surface area contributed by atoms with Crippen molar-refractivity contribution in [2.45, 2.75) is 41.5 Å². The van der Waals surface area contributed by atoms with Gasteiger partial charge in [0.05, 0.1) is 49.3 Å². The average Bonchev–Trinajstić information content (AvgIpc) is 2.37. The second-order valence-electron chi connectivity index (χ2n) is 5.03. The molecule has 0 aliphatic carbocycles. The molecule has 0 rings (SSSR count). The summed E-state index contributed by atoms with van der Waals surface area (Å²) in [6.45, 7) is 14.6. The predicted molar refractivity (Wildman–Crippen MR) is 86.8 cm³/mol. The van der Waals surface area contributed by atoms with E-state index in [2.05, 4.69) is 41.5 Å². The highest BCUT2D eigenvalue weighted by atomic mass is 31.2. The second kappa shape index (κ2) is 8.05. The van der Waals surface area contributed by atoms with Crippen molar-refractivity contribution in [3.05, 3.63) is 0 Å². The van der Waals surface area contributed by atoms with Crippen molar-refractivity contribution in [1.82, 2.24) is 0 Å². The van der Waals surface area contributed by atoms with Crippen LogP contribution in [0.3, 0.4) is 0 Å². The maximum Gasteiger partial charge on any atom is 0.0929 e. The van der Waals surface area contributed by atoms with Crippen LogP contribution in [-0.4, -0.2) is 49.3 Å². The van der Waals surface area contributed by atoms with Crippen LogP contribution in [0.25, 0.3) is 0 Å². The maximum absolute atomic E-state index is 2.44. The first-order chi connectivity index (χ1) is 7.57. The van der Waals surface area contributed by atoms with Crippen molar-refractivity contribution >= 4 is 14.5 Å². The number of hydrogen-bond donors (Lipinski definition) is 0. The van der Waals surface area contributed by atoms with Gasteiger partial charge in [-0.05, 0) is 41.5 Å². The van der Waals surface area contributed by atoms with Gasteiger partial charge in [0.1, 0.15) is 0 Å². The molecule has 2 heteroatoms. The number of rotatable bonds is 9. The fraction of sp³-hybridized carbons (Fsp3) is 1.00. The van der Waals surface area contributed by atoms with Crippen LogP contribution in [0.15, 0.2) is 0 Å². The van der Waals surface area contributed by atoms with Crippen LogP contribution < -0.4 is 0 Å². The summed E-state index contributed by atoms with van der Waals surface area (Å²) in [4.78, 5) is 0. The topological polar surface area (TPSA) is 0 Å². The quantitative estimate of drug-likeness (QED) is 0.506. The Labute approximate surface area is 106 Å². The van der Waals surface area contributed by atoms with Crippen molar-refractivity contribution in [3.8, 4) is 0 Å². The average molecular weight is 264 g/mol. The van der Waals surface area contributed by atoms with Crippen LogP contribution in [0.2, 0.25) is 0 Å². The van der Waals surface area contributed by atoms with E-state index in [1.54, 1.807) is 12.3 Å². The third-order valence-corrected chi connectivity index (χ3v) is 15.8. The van der Waals surface area contributed by atoms with E-state index in [1.165, 1.54) is 37.0 Å². The second-order valence-corrected chi connectivity index (χ2v) is 15.1. The molecule has 0 heterocycles. The SMILES string of the molecule is CC[P+](CC)(CC)CC[P+](CC)(CC)CC. The van der Waals surface area contributed by atoms with E-state index in [4.69, 9.17) is 0 Å². The first-order valence-corrected chi connectivity index (χ1v) is 12.3. The van der Waals surface area contributed by atoms with Gasteiger partial charge in [0.15, 0.2) is 0 Å². The summed E-state index contributed by atoms with van der Waals surface area (Å²) in [5.41, 5.74) is 0. The van der Waals surface area contributed by atoms with Gasteiger partial charge < -0.3 is 0 Å². The Kier molecular flexibility index (Phi) is 8.48. The molecule has 0 N–H and O–H groups in total. The molecular weight excluding hydrogens is 230 g/mol. The summed E-state index contributed by atoms with van der Waals surface area (Å²) in [6, 6.07) is 0. The summed E-state index contributed by atoms with van der Waals surface area (Å²) in [5.74, 6) is 0. The summed E-state index contributed by atoms with van der Waals surface area (Å²) >= 11 is 0. The molecule has 0 nitrogen and oxygen atoms in total. The fourth-order valence-electron chi connectivity index (χ4n) is 2.71. The van der Waals surface area contributed by atoms with Crippen molar-refractivity contribution in [2.24, 2.45) is 0 Å². The van der Waals surface area contributed by atoms with Gasteiger partial charge in [-0.15, -0.1) is 0 Å². The van der Waals surface area contributed by atoms with Gasteiger partial charge in [-0.3, -0.25) is 0 Å². The summed E-state index contributed by atoms with van der Waals surface area (Å²) < 4.78 is 0. The highest BCUT2D eigenvalue weighted by molar-refractivity contribution is 7.79. The van der Waals surface area contributed by atoms with E-state index in [-0.39, 0.29) is 0 Å². The Morgan fingerprint density at radius 2 is 0.625 bits per heavy atom. The van der Waals surface area contributed by atoms with E-state index in [9.17, 15) is 0 Å². The van der Waals surface area contributed by atoms with Crippen molar-refractivity contribution in [2.75, 3.05) is 49.3 Å². The normalized spacial score (nSPS) is 13.1. The van der Waals surface area contributed by atoms with Crippen molar-refractivity contribution < 1.29 is 0 Å². The molecule has 0 saturated heterocycles. The first-order valence-electron chi connectivity index (χ1n) is 7.27. The summed E-state index contributed by atoms with van der Waals surface area (Å²) in [6.07, 6.45) is 12.1. The molecule has 16 heavy (non-hydrogen) atoms. The maximum atomic E-state index is 2.44. The molecule has 0 aromatic carbocycles. The largest absolute Gasteiger partial charge is 0.0929 e. The van der Waals surface area contributed by atoms with E-state index in [0.717, 1.165) is 0 Å². The lowest BCUT2D eigenvalue weighted by molar-refractivity contribution is 1.21. The van der Waals surface area contributed by atoms with Gasteiger partial charge in [0.25, 0.3) is 0 Å². The van der Waals surface area contributed by atoms with Crippen LogP contribution in [-0.2, 0) is 0 Å². The molecule has 0 amide bonds. The predicted octanol–water partition coefficient (Wildman–Crippen LogP) is 5.14. The molecule has 98 valence electrons. The minimum atomic E-state index is -0.547. The van der Waals surface area contributed by atoms with Gasteiger partial charge in [0, 0.05) is 14.5 Å². The summed E-state index contributed by atoms with van der Waals surface area (Å²) in [7, 11) is -1.09. The molecule has 0 aliphatic heterocycles. The van der Waals surface area contributed by atoms with Crippen LogP contribution >= 0.6 is 14.5 Å². The third-order valence-electron chi connectivity index (χ3n) is 5.07. The standard InChI is InChI=1S/C14H34P2/c1-7-15(8-2,9-3)13-14-16(10-4,11-5)12-6/h7-14H2,1-6H3/q+2. The molecule has 0 saturated carbocycles. The van der Waals surface area contributed by atoms with Gasteiger partial charge in [-0.25, -0.2) is 0 Å². The number of hydrogen-bond acceptors (Lipinski definition) is 0. The Hall–Kier alpha value is 0.860. The molecule has 0 fully saturated rings. The lowest BCUT2D eigenvalue weighted by Crippen LogP contribution is -2.16. The molecule has 0 aromatic heterocycles. The van der Waals surface area contributed by atoms with E-state index in [0.29, 0.717) is 0 Å². The van der Waals surface area contributed by atoms with Crippen molar-refractivity contribution in [1.29, 1.82) is 0 Å². The Balaban J connectivity index is 4.48. The highest BCUT2D eigenvalue weighted by Crippen LogP contribution is 2.64. The van der Waals surface area contributed by atoms with Gasteiger partial charge in [-0.1, -0.05) is 0 Å². The highest BCUT2D eigenvalue weighted by Gasteiger charge is 2.38. The Bertz CT molecular complexity index is 133. The van der Waals surface area contributed by atoms with Gasteiger partial charge >= 0.3 is 0 Å². The minimum Gasteiger partial charge on any atom is -0.0311 e. The van der Waals surface area contributed by atoms with Gasteiger partial charge in [-0.2, -0.15) is 0 Å². The molecule has 0 aromatic rings. The zero-order valence-corrected chi connectivity index (χ0v) is 14.3. The third kappa shape index (κ3) is 4.27. The molecule has 0 spiro atoms. The van der Waals surface area contributed by atoms with E-state index in [1.807, 2.05) is 0 Å². The van der Waals surface area contributed by atoms with Crippen LogP contribution in [0.1, 0.15) is 41.5 Å².